The molecule has 0 fully saturated rings. The molecule has 4 aromatic rings. The van der Waals surface area contributed by atoms with Gasteiger partial charge in [0.1, 0.15) is 12.6 Å². The molecule has 46 heavy (non-hydrogen) atoms. The lowest BCUT2D eigenvalue weighted by Crippen LogP contribution is -2.34. The van der Waals surface area contributed by atoms with E-state index in [1.807, 2.05) is 60.7 Å². The number of benzene rings is 4. The number of rotatable bonds is 14. The number of anilines is 2. The summed E-state index contributed by atoms with van der Waals surface area (Å²) >= 11 is 0. The molecule has 0 aliphatic rings. The second kappa shape index (κ2) is 16.0. The molecule has 0 saturated carbocycles. The van der Waals surface area contributed by atoms with Gasteiger partial charge in [0.25, 0.3) is 5.91 Å². The van der Waals surface area contributed by atoms with Gasteiger partial charge in [-0.3, -0.25) is 9.59 Å². The molecule has 1 atom stereocenters. The van der Waals surface area contributed by atoms with E-state index in [0.717, 1.165) is 11.1 Å². The summed E-state index contributed by atoms with van der Waals surface area (Å²) in [6.07, 6.45) is -1.12. The molecule has 0 aliphatic heterocycles. The number of amidine groups is 1. The number of oxime groups is 1. The van der Waals surface area contributed by atoms with Crippen LogP contribution in [0.15, 0.2) is 102 Å². The highest BCUT2D eigenvalue weighted by molar-refractivity contribution is 5.98. The Balaban J connectivity index is 1.74. The zero-order chi connectivity index (χ0) is 32.9. The van der Waals surface area contributed by atoms with E-state index in [9.17, 15) is 14.4 Å². The van der Waals surface area contributed by atoms with Crippen molar-refractivity contribution in [2.45, 2.75) is 19.2 Å². The Kier molecular flexibility index (Phi) is 11.4. The van der Waals surface area contributed by atoms with Crippen LogP contribution in [-0.4, -0.2) is 42.7 Å². The average molecular weight is 627 g/mol. The van der Waals surface area contributed by atoms with Crippen LogP contribution in [0.4, 0.5) is 16.2 Å². The normalized spacial score (nSPS) is 11.5. The molecule has 0 aliphatic carbocycles. The average Bonchev–Trinajstić information content (AvgIpc) is 3.08. The standard InChI is InChI=1S/C33H34N6O7/c1-44-27-16-25(26(38-29(40)20-46-33(35)42)17-28(27)45-19-22-10-6-3-7-11-22)30(32(41)36-18-21-8-4-2-5-9-21)37-24-14-12-23(13-15-24)31(34)39-43/h2-17,30,37,43H,18-20H2,1H3,(H2,34,39)(H2,35,42)(H,36,41)(H,38,40). The number of carbonyl (C=O) groups excluding carboxylic acids is 3. The van der Waals surface area contributed by atoms with Gasteiger partial charge in [0.2, 0.25) is 5.91 Å². The number of primary amides is 1. The van der Waals surface area contributed by atoms with Gasteiger partial charge >= 0.3 is 6.09 Å². The highest BCUT2D eigenvalue weighted by Crippen LogP contribution is 2.38. The van der Waals surface area contributed by atoms with Gasteiger partial charge in [0.15, 0.2) is 23.9 Å². The number of amides is 3. The van der Waals surface area contributed by atoms with Gasteiger partial charge in [0.05, 0.1) is 12.8 Å². The molecule has 0 radical (unpaired) electrons. The molecule has 0 saturated heterocycles. The molecule has 13 nitrogen and oxygen atoms in total. The van der Waals surface area contributed by atoms with E-state index in [4.69, 9.17) is 26.1 Å². The maximum Gasteiger partial charge on any atom is 0.405 e. The molecule has 13 heteroatoms. The summed E-state index contributed by atoms with van der Waals surface area (Å²) < 4.78 is 16.4. The molecule has 1 unspecified atom stereocenters. The van der Waals surface area contributed by atoms with Gasteiger partial charge in [-0.1, -0.05) is 65.8 Å². The van der Waals surface area contributed by atoms with Gasteiger partial charge < -0.3 is 46.8 Å². The number of nitrogens with zero attached hydrogens (tertiary/aromatic N) is 1. The van der Waals surface area contributed by atoms with Crippen LogP contribution in [0.2, 0.25) is 0 Å². The van der Waals surface area contributed by atoms with Crippen LogP contribution < -0.4 is 36.9 Å². The van der Waals surface area contributed by atoms with Crippen LogP contribution in [0, 0.1) is 0 Å². The Hall–Kier alpha value is -6.24. The molecule has 4 rings (SSSR count). The summed E-state index contributed by atoms with van der Waals surface area (Å²) in [6.45, 7) is -0.237. The van der Waals surface area contributed by atoms with Crippen LogP contribution in [0.5, 0.6) is 11.5 Å². The minimum Gasteiger partial charge on any atom is -0.493 e. The highest BCUT2D eigenvalue weighted by Gasteiger charge is 2.27. The first-order valence-electron chi connectivity index (χ1n) is 14.0. The maximum absolute atomic E-state index is 13.9. The van der Waals surface area contributed by atoms with Gasteiger partial charge in [0, 0.05) is 29.4 Å². The second-order valence-corrected chi connectivity index (χ2v) is 9.86. The van der Waals surface area contributed by atoms with E-state index in [2.05, 4.69) is 25.8 Å². The first-order chi connectivity index (χ1) is 22.3. The lowest BCUT2D eigenvalue weighted by atomic mass is 10.0. The summed E-state index contributed by atoms with van der Waals surface area (Å²) in [4.78, 5) is 37.8. The van der Waals surface area contributed by atoms with Crippen molar-refractivity contribution in [3.8, 4) is 11.5 Å². The number of ether oxygens (including phenoxy) is 3. The highest BCUT2D eigenvalue weighted by atomic mass is 16.5. The first kappa shape index (κ1) is 32.7. The lowest BCUT2D eigenvalue weighted by Gasteiger charge is -2.24. The minimum absolute atomic E-state index is 0.0808. The SMILES string of the molecule is COc1cc(C(Nc2ccc(/C(N)=N/O)cc2)C(=O)NCc2ccccc2)c(NC(=O)COC(N)=O)cc1OCc1ccccc1. The fourth-order valence-electron chi connectivity index (χ4n) is 4.39. The number of hydrogen-bond donors (Lipinski definition) is 6. The van der Waals surface area contributed by atoms with Crippen molar-refractivity contribution in [3.63, 3.8) is 0 Å². The van der Waals surface area contributed by atoms with E-state index in [1.165, 1.54) is 13.2 Å². The lowest BCUT2D eigenvalue weighted by molar-refractivity contribution is -0.122. The maximum atomic E-state index is 13.9. The van der Waals surface area contributed by atoms with Crippen molar-refractivity contribution in [2.75, 3.05) is 24.4 Å². The molecule has 8 N–H and O–H groups in total. The molecule has 238 valence electrons. The zero-order valence-corrected chi connectivity index (χ0v) is 24.9. The predicted molar refractivity (Wildman–Crippen MR) is 172 cm³/mol. The van der Waals surface area contributed by atoms with E-state index in [0.29, 0.717) is 22.6 Å². The Bertz CT molecular complexity index is 1670. The summed E-state index contributed by atoms with van der Waals surface area (Å²) in [5.74, 6) is -0.642. The van der Waals surface area contributed by atoms with E-state index in [-0.39, 0.29) is 30.4 Å². The zero-order valence-electron chi connectivity index (χ0n) is 24.9. The van der Waals surface area contributed by atoms with Crippen LogP contribution in [0.25, 0.3) is 0 Å². The third kappa shape index (κ3) is 9.13. The second-order valence-electron chi connectivity index (χ2n) is 9.86. The van der Waals surface area contributed by atoms with Crippen molar-refractivity contribution >= 4 is 35.1 Å². The summed E-state index contributed by atoms with van der Waals surface area (Å²) in [6, 6.07) is 27.3. The predicted octanol–water partition coefficient (Wildman–Crippen LogP) is 3.87. The number of hydrogen-bond acceptors (Lipinski definition) is 9. The summed E-state index contributed by atoms with van der Waals surface area (Å²) in [5.41, 5.74) is 14.0. The summed E-state index contributed by atoms with van der Waals surface area (Å²) in [5, 5.41) is 20.9. The van der Waals surface area contributed by atoms with E-state index in [1.54, 1.807) is 30.3 Å². The number of nitrogens with two attached hydrogens (primary N) is 2. The van der Waals surface area contributed by atoms with Crippen LogP contribution >= 0.6 is 0 Å². The monoisotopic (exact) mass is 626 g/mol. The van der Waals surface area contributed by atoms with Gasteiger partial charge in [-0.2, -0.15) is 0 Å². The largest absolute Gasteiger partial charge is 0.493 e. The molecule has 0 aromatic heterocycles. The Morgan fingerprint density at radius 1 is 0.870 bits per heavy atom. The van der Waals surface area contributed by atoms with Crippen molar-refractivity contribution in [1.82, 2.24) is 5.32 Å². The fourth-order valence-corrected chi connectivity index (χ4v) is 4.39. The summed E-state index contributed by atoms with van der Waals surface area (Å²) in [7, 11) is 1.46. The molecular formula is C33H34N6O7. The van der Waals surface area contributed by atoms with Crippen LogP contribution in [-0.2, 0) is 27.5 Å². The Labute approximate surface area is 265 Å². The number of carbonyl (C=O) groups is 3. The number of methoxy groups -OCH3 is 1. The smallest absolute Gasteiger partial charge is 0.405 e. The molecule has 0 heterocycles. The Morgan fingerprint density at radius 2 is 1.52 bits per heavy atom. The van der Waals surface area contributed by atoms with Gasteiger partial charge in [-0.05, 0) is 41.5 Å². The third-order valence-corrected chi connectivity index (χ3v) is 6.67. The fraction of sp³-hybridized carbons (Fsp3) is 0.152. The first-order valence-corrected chi connectivity index (χ1v) is 14.0. The number of nitrogens with one attached hydrogen (secondary N) is 3. The molecule has 0 spiro atoms. The molecule has 0 bridgehead atoms. The quantitative estimate of drug-likeness (QED) is 0.0520. The van der Waals surface area contributed by atoms with Crippen LogP contribution in [0.1, 0.15) is 28.3 Å². The van der Waals surface area contributed by atoms with Crippen molar-refractivity contribution in [2.24, 2.45) is 16.6 Å². The van der Waals surface area contributed by atoms with Gasteiger partial charge in [-0.15, -0.1) is 0 Å². The van der Waals surface area contributed by atoms with E-state index < -0.39 is 30.6 Å². The molecule has 4 aromatic carbocycles. The minimum atomic E-state index is -1.12. The van der Waals surface area contributed by atoms with Gasteiger partial charge in [-0.25, -0.2) is 4.79 Å². The van der Waals surface area contributed by atoms with Crippen LogP contribution in [0.3, 0.4) is 0 Å². The molecule has 3 amide bonds. The van der Waals surface area contributed by atoms with Crippen molar-refractivity contribution < 1.29 is 33.8 Å². The van der Waals surface area contributed by atoms with Crippen molar-refractivity contribution in [3.05, 3.63) is 119 Å². The third-order valence-electron chi connectivity index (χ3n) is 6.67. The van der Waals surface area contributed by atoms with Crippen molar-refractivity contribution in [1.29, 1.82) is 0 Å². The topological polar surface area (TPSA) is 200 Å². The molecular weight excluding hydrogens is 592 g/mol. The van der Waals surface area contributed by atoms with E-state index >= 15 is 0 Å². The Morgan fingerprint density at radius 3 is 2.13 bits per heavy atom.